The summed E-state index contributed by atoms with van der Waals surface area (Å²) in [6, 6.07) is 0. The second kappa shape index (κ2) is 6.31. The summed E-state index contributed by atoms with van der Waals surface area (Å²) >= 11 is 2.92. The number of nitrogens with one attached hydrogen (secondary N) is 1. The number of rotatable bonds is 1. The lowest BCUT2D eigenvalue weighted by atomic mass is 9.96. The van der Waals surface area contributed by atoms with Gasteiger partial charge in [-0.15, -0.1) is 0 Å². The first-order valence-electron chi connectivity index (χ1n) is 6.83. The third kappa shape index (κ3) is 4.16. The maximum Gasteiger partial charge on any atom is 0.315 e. The van der Waals surface area contributed by atoms with Crippen LogP contribution in [0.15, 0.2) is 0 Å². The van der Waals surface area contributed by atoms with Gasteiger partial charge in [0, 0.05) is 41.0 Å². The summed E-state index contributed by atoms with van der Waals surface area (Å²) in [5.41, 5.74) is -0.178. The van der Waals surface area contributed by atoms with Crippen molar-refractivity contribution >= 4 is 40.2 Å². The van der Waals surface area contributed by atoms with E-state index in [2.05, 4.69) is 21.6 Å². The van der Waals surface area contributed by atoms with Gasteiger partial charge in [-0.2, -0.15) is 16.1 Å². The van der Waals surface area contributed by atoms with Crippen molar-refractivity contribution in [1.29, 1.82) is 0 Å². The molecule has 1 N–H and O–H groups in total. The number of carbonyl (C=O) groups is 2. The highest BCUT2D eigenvalue weighted by Crippen LogP contribution is 2.23. The van der Waals surface area contributed by atoms with Crippen molar-refractivity contribution in [1.82, 2.24) is 14.3 Å². The lowest BCUT2D eigenvalue weighted by Crippen LogP contribution is -2.46. The molecule has 1 aliphatic rings. The molecule has 8 heteroatoms. The largest absolute Gasteiger partial charge is 0.333 e. The van der Waals surface area contributed by atoms with Gasteiger partial charge in [0.15, 0.2) is 0 Å². The van der Waals surface area contributed by atoms with E-state index in [1.54, 1.807) is 4.90 Å². The van der Waals surface area contributed by atoms with Crippen molar-refractivity contribution in [2.75, 3.05) is 24.2 Å². The van der Waals surface area contributed by atoms with E-state index in [1.165, 1.54) is 0 Å². The first-order chi connectivity index (χ1) is 9.77. The predicted octanol–water partition coefficient (Wildman–Crippen LogP) is 1.74. The Labute approximate surface area is 132 Å². The average molecular weight is 328 g/mol. The Morgan fingerprint density at radius 3 is 2.67 bits per heavy atom. The van der Waals surface area contributed by atoms with E-state index in [-0.39, 0.29) is 5.41 Å². The maximum atomic E-state index is 12.1. The van der Waals surface area contributed by atoms with E-state index in [4.69, 9.17) is 0 Å². The maximum absolute atomic E-state index is 12.1. The molecule has 0 bridgehead atoms. The molecule has 6 nitrogen and oxygen atoms in total. The van der Waals surface area contributed by atoms with Crippen molar-refractivity contribution in [3.8, 4) is 0 Å². The van der Waals surface area contributed by atoms with Crippen LogP contribution < -0.4 is 5.32 Å². The smallest absolute Gasteiger partial charge is 0.315 e. The van der Waals surface area contributed by atoms with Crippen LogP contribution in [0.25, 0.3) is 0 Å². The van der Waals surface area contributed by atoms with E-state index >= 15 is 0 Å². The number of nitrogens with zero attached hydrogens (tertiary/aromatic N) is 3. The van der Waals surface area contributed by atoms with Gasteiger partial charge in [-0.05, 0) is 0 Å². The molecule has 1 atom stereocenters. The fraction of sp³-hybridized carbons (Fsp3) is 0.692. The Balaban J connectivity index is 1.97. The number of amides is 2. The SMILES string of the molecule is C[C@H]1CN(C(=O)C(=O)Nc2nc(C(C)(C)C)ns2)CCS1. The highest BCUT2D eigenvalue weighted by Gasteiger charge is 2.27. The van der Waals surface area contributed by atoms with Gasteiger partial charge < -0.3 is 4.90 Å². The zero-order valence-electron chi connectivity index (χ0n) is 12.7. The van der Waals surface area contributed by atoms with Crippen LogP contribution in [-0.2, 0) is 15.0 Å². The number of anilines is 1. The molecule has 0 saturated carbocycles. The van der Waals surface area contributed by atoms with Crippen LogP contribution in [-0.4, -0.2) is 50.2 Å². The second-order valence-corrected chi connectivity index (χ2v) is 8.36. The number of hydrogen-bond donors (Lipinski definition) is 1. The molecule has 116 valence electrons. The summed E-state index contributed by atoms with van der Waals surface area (Å²) in [5, 5.41) is 3.29. The second-order valence-electron chi connectivity index (χ2n) is 6.06. The van der Waals surface area contributed by atoms with Crippen molar-refractivity contribution in [3.05, 3.63) is 5.82 Å². The lowest BCUT2D eigenvalue weighted by Gasteiger charge is -2.29. The van der Waals surface area contributed by atoms with E-state index in [1.807, 2.05) is 32.5 Å². The van der Waals surface area contributed by atoms with Crippen molar-refractivity contribution < 1.29 is 9.59 Å². The van der Waals surface area contributed by atoms with Crippen LogP contribution in [0.5, 0.6) is 0 Å². The van der Waals surface area contributed by atoms with Crippen LogP contribution in [0, 0.1) is 0 Å². The molecule has 0 radical (unpaired) electrons. The van der Waals surface area contributed by atoms with Gasteiger partial charge in [-0.25, -0.2) is 4.98 Å². The van der Waals surface area contributed by atoms with Gasteiger partial charge in [0.1, 0.15) is 5.82 Å². The third-order valence-electron chi connectivity index (χ3n) is 3.04. The molecular formula is C13H20N4O2S2. The normalized spacial score (nSPS) is 19.4. The first kappa shape index (κ1) is 16.2. The number of hydrogen-bond acceptors (Lipinski definition) is 6. The van der Waals surface area contributed by atoms with Gasteiger partial charge in [-0.3, -0.25) is 14.9 Å². The van der Waals surface area contributed by atoms with Gasteiger partial charge in [0.2, 0.25) is 5.13 Å². The highest BCUT2D eigenvalue weighted by atomic mass is 32.2. The molecule has 0 aliphatic carbocycles. The quantitative estimate of drug-likeness (QED) is 0.795. The molecule has 1 saturated heterocycles. The summed E-state index contributed by atoms with van der Waals surface area (Å²) in [7, 11) is 0. The Hall–Kier alpha value is -1.15. The average Bonchev–Trinajstić information content (AvgIpc) is 2.86. The molecule has 0 spiro atoms. The Morgan fingerprint density at radius 1 is 1.38 bits per heavy atom. The van der Waals surface area contributed by atoms with Crippen LogP contribution in [0.3, 0.4) is 0 Å². The highest BCUT2D eigenvalue weighted by molar-refractivity contribution is 7.99. The van der Waals surface area contributed by atoms with E-state index in [9.17, 15) is 9.59 Å². The van der Waals surface area contributed by atoms with Gasteiger partial charge in [0.25, 0.3) is 0 Å². The number of carbonyl (C=O) groups excluding carboxylic acids is 2. The topological polar surface area (TPSA) is 75.2 Å². The fourth-order valence-corrected chi connectivity index (χ4v) is 3.64. The number of thioether (sulfide) groups is 1. The van der Waals surface area contributed by atoms with Crippen LogP contribution >= 0.6 is 23.3 Å². The van der Waals surface area contributed by atoms with Crippen molar-refractivity contribution in [2.24, 2.45) is 0 Å². The Kier molecular flexibility index (Phi) is 4.88. The zero-order chi connectivity index (χ0) is 15.6. The minimum absolute atomic E-state index is 0.178. The standard InChI is InChI=1S/C13H20N4O2S2/c1-8-7-17(5-6-20-8)10(19)9(18)14-12-15-11(16-21-12)13(2,3)4/h8H,5-7H2,1-4H3,(H,14,15,16,18)/t8-/m0/s1. The van der Waals surface area contributed by atoms with Crippen LogP contribution in [0.1, 0.15) is 33.5 Å². The summed E-state index contributed by atoms with van der Waals surface area (Å²) in [6.45, 7) is 9.28. The summed E-state index contributed by atoms with van der Waals surface area (Å²) in [6.07, 6.45) is 0. The van der Waals surface area contributed by atoms with E-state index in [0.717, 1.165) is 17.3 Å². The lowest BCUT2D eigenvalue weighted by molar-refractivity contribution is -0.143. The molecular weight excluding hydrogens is 308 g/mol. The predicted molar refractivity (Wildman–Crippen MR) is 85.7 cm³/mol. The van der Waals surface area contributed by atoms with E-state index in [0.29, 0.717) is 29.3 Å². The van der Waals surface area contributed by atoms with Crippen LogP contribution in [0.4, 0.5) is 5.13 Å². The molecule has 2 heterocycles. The monoisotopic (exact) mass is 328 g/mol. The van der Waals surface area contributed by atoms with Gasteiger partial charge in [-0.1, -0.05) is 27.7 Å². The summed E-state index contributed by atoms with van der Waals surface area (Å²) in [4.78, 5) is 30.0. The van der Waals surface area contributed by atoms with Crippen LogP contribution in [0.2, 0.25) is 0 Å². The van der Waals surface area contributed by atoms with Crippen molar-refractivity contribution in [3.63, 3.8) is 0 Å². The summed E-state index contributed by atoms with van der Waals surface area (Å²) in [5.74, 6) is 0.409. The molecule has 0 unspecified atom stereocenters. The summed E-state index contributed by atoms with van der Waals surface area (Å²) < 4.78 is 4.21. The third-order valence-corrected chi connectivity index (χ3v) is 4.81. The minimum Gasteiger partial charge on any atom is -0.333 e. The fourth-order valence-electron chi connectivity index (χ4n) is 1.88. The minimum atomic E-state index is -0.634. The van der Waals surface area contributed by atoms with Gasteiger partial charge >= 0.3 is 11.8 Å². The van der Waals surface area contributed by atoms with Crippen molar-refractivity contribution in [2.45, 2.75) is 38.4 Å². The molecule has 21 heavy (non-hydrogen) atoms. The molecule has 2 amide bonds. The van der Waals surface area contributed by atoms with Gasteiger partial charge in [0.05, 0.1) is 0 Å². The first-order valence-corrected chi connectivity index (χ1v) is 8.65. The Morgan fingerprint density at radius 2 is 2.10 bits per heavy atom. The number of aromatic nitrogens is 2. The molecule has 1 aliphatic heterocycles. The van der Waals surface area contributed by atoms with E-state index < -0.39 is 11.8 Å². The molecule has 1 fully saturated rings. The Bertz CT molecular complexity index is 539. The molecule has 0 aromatic carbocycles. The molecule has 1 aromatic heterocycles. The molecule has 2 rings (SSSR count). The zero-order valence-corrected chi connectivity index (χ0v) is 14.3. The molecule has 1 aromatic rings.